The highest BCUT2D eigenvalue weighted by molar-refractivity contribution is 5.82. The lowest BCUT2D eigenvalue weighted by Crippen LogP contribution is -2.49. The minimum absolute atomic E-state index is 0.140. The molecule has 0 aromatic carbocycles. The van der Waals surface area contributed by atoms with Gasteiger partial charge < -0.3 is 20.1 Å². The Morgan fingerprint density at radius 2 is 1.79 bits per heavy atom. The van der Waals surface area contributed by atoms with Gasteiger partial charge in [0, 0.05) is 13.2 Å². The summed E-state index contributed by atoms with van der Waals surface area (Å²) >= 11 is 0. The highest BCUT2D eigenvalue weighted by Gasteiger charge is 2.37. The molecule has 1 rings (SSSR count). The number of hydrogen-bond donors (Lipinski definition) is 2. The minimum atomic E-state index is -0.338. The number of carbonyl (C=O) groups is 1. The Morgan fingerprint density at radius 3 is 2.26 bits per heavy atom. The van der Waals surface area contributed by atoms with Gasteiger partial charge in [-0.05, 0) is 46.2 Å². The van der Waals surface area contributed by atoms with E-state index >= 15 is 0 Å². The molecule has 0 unspecified atom stereocenters. The average Bonchev–Trinajstić information content (AvgIpc) is 2.45. The molecule has 19 heavy (non-hydrogen) atoms. The van der Waals surface area contributed by atoms with Crippen molar-refractivity contribution in [1.29, 1.82) is 0 Å². The van der Waals surface area contributed by atoms with Crippen molar-refractivity contribution in [1.82, 2.24) is 10.6 Å². The molecule has 0 radical (unpaired) electrons. The van der Waals surface area contributed by atoms with Crippen molar-refractivity contribution in [2.75, 3.05) is 32.8 Å². The first-order chi connectivity index (χ1) is 9.18. The molecule has 0 atom stereocenters. The molecule has 0 aromatic heterocycles. The van der Waals surface area contributed by atoms with Gasteiger partial charge in [0.1, 0.15) is 0 Å². The number of ether oxygens (including phenoxy) is 2. The maximum absolute atomic E-state index is 12.4. The molecule has 0 spiro atoms. The van der Waals surface area contributed by atoms with Crippen molar-refractivity contribution in [3.05, 3.63) is 0 Å². The van der Waals surface area contributed by atoms with E-state index < -0.39 is 0 Å². The molecule has 5 nitrogen and oxygen atoms in total. The van der Waals surface area contributed by atoms with Gasteiger partial charge in [-0.15, -0.1) is 0 Å². The van der Waals surface area contributed by atoms with Gasteiger partial charge in [0.05, 0.1) is 12.0 Å². The van der Waals surface area contributed by atoms with E-state index in [0.717, 1.165) is 32.4 Å². The van der Waals surface area contributed by atoms with E-state index in [2.05, 4.69) is 17.6 Å². The van der Waals surface area contributed by atoms with Crippen LogP contribution >= 0.6 is 0 Å². The van der Waals surface area contributed by atoms with Gasteiger partial charge in [0.25, 0.3) is 0 Å². The summed E-state index contributed by atoms with van der Waals surface area (Å²) in [5.41, 5.74) is -0.214. The van der Waals surface area contributed by atoms with Gasteiger partial charge in [-0.3, -0.25) is 4.79 Å². The van der Waals surface area contributed by atoms with Gasteiger partial charge in [-0.2, -0.15) is 0 Å². The van der Waals surface area contributed by atoms with Gasteiger partial charge in [-0.1, -0.05) is 6.92 Å². The summed E-state index contributed by atoms with van der Waals surface area (Å²) in [6, 6.07) is 0. The van der Waals surface area contributed by atoms with Crippen molar-refractivity contribution < 1.29 is 14.3 Å². The summed E-state index contributed by atoms with van der Waals surface area (Å²) < 4.78 is 10.9. The Labute approximate surface area is 116 Å². The van der Waals surface area contributed by atoms with E-state index in [-0.39, 0.29) is 17.6 Å². The number of amides is 1. The molecular formula is C14H28N2O3. The normalized spacial score (nSPS) is 18.5. The van der Waals surface area contributed by atoms with Crippen LogP contribution in [0, 0.1) is 5.41 Å². The molecule has 1 amide bonds. The van der Waals surface area contributed by atoms with Gasteiger partial charge >= 0.3 is 0 Å². The summed E-state index contributed by atoms with van der Waals surface area (Å²) in [6.07, 6.45) is 2.36. The maximum atomic E-state index is 12.4. The summed E-state index contributed by atoms with van der Waals surface area (Å²) in [7, 11) is 0. The first-order valence-electron chi connectivity index (χ1n) is 7.40. The molecule has 1 saturated heterocycles. The Kier molecular flexibility index (Phi) is 7.34. The number of nitrogens with one attached hydrogen (secondary N) is 2. The van der Waals surface area contributed by atoms with Gasteiger partial charge in [0.15, 0.2) is 6.29 Å². The number of rotatable bonds is 8. The van der Waals surface area contributed by atoms with Gasteiger partial charge in [0.2, 0.25) is 5.91 Å². The first-order valence-corrected chi connectivity index (χ1v) is 7.40. The Morgan fingerprint density at radius 1 is 1.21 bits per heavy atom. The van der Waals surface area contributed by atoms with E-state index in [9.17, 15) is 4.79 Å². The zero-order valence-corrected chi connectivity index (χ0v) is 12.5. The van der Waals surface area contributed by atoms with Crippen LogP contribution in [0.4, 0.5) is 0 Å². The largest absolute Gasteiger partial charge is 0.351 e. The summed E-state index contributed by atoms with van der Waals surface area (Å²) in [5, 5.41) is 6.30. The minimum Gasteiger partial charge on any atom is -0.351 e. The van der Waals surface area contributed by atoms with E-state index in [4.69, 9.17) is 9.47 Å². The fourth-order valence-corrected chi connectivity index (χ4v) is 2.55. The molecule has 5 heteroatoms. The number of carbonyl (C=O) groups excluding carboxylic acids is 1. The fraction of sp³-hybridized carbons (Fsp3) is 0.929. The molecule has 0 saturated carbocycles. The van der Waals surface area contributed by atoms with Crippen molar-refractivity contribution in [2.24, 2.45) is 5.41 Å². The third-order valence-electron chi connectivity index (χ3n) is 3.85. The van der Waals surface area contributed by atoms with E-state index in [1.54, 1.807) is 0 Å². The summed E-state index contributed by atoms with van der Waals surface area (Å²) in [6.45, 7) is 9.38. The van der Waals surface area contributed by atoms with Crippen LogP contribution in [0.2, 0.25) is 0 Å². The van der Waals surface area contributed by atoms with Crippen LogP contribution in [0.25, 0.3) is 0 Å². The third-order valence-corrected chi connectivity index (χ3v) is 3.85. The van der Waals surface area contributed by atoms with E-state index in [1.807, 2.05) is 13.8 Å². The zero-order chi connectivity index (χ0) is 14.1. The van der Waals surface area contributed by atoms with E-state index in [0.29, 0.717) is 19.8 Å². The summed E-state index contributed by atoms with van der Waals surface area (Å²) in [5.74, 6) is 0.140. The molecule has 0 bridgehead atoms. The van der Waals surface area contributed by atoms with Crippen molar-refractivity contribution in [3.8, 4) is 0 Å². The molecule has 112 valence electrons. The third kappa shape index (κ3) is 4.75. The predicted molar refractivity (Wildman–Crippen MR) is 74.9 cm³/mol. The van der Waals surface area contributed by atoms with Crippen molar-refractivity contribution >= 4 is 5.91 Å². The highest BCUT2D eigenvalue weighted by atomic mass is 16.7. The molecular weight excluding hydrogens is 244 g/mol. The molecule has 0 aliphatic carbocycles. The van der Waals surface area contributed by atoms with Crippen LogP contribution in [-0.4, -0.2) is 45.0 Å². The SMILES string of the molecule is CCOC(CNC(=O)C1(CC)CCNCC1)OCC. The lowest BCUT2D eigenvalue weighted by atomic mass is 9.76. The number of hydrogen-bond acceptors (Lipinski definition) is 4. The monoisotopic (exact) mass is 272 g/mol. The Hall–Kier alpha value is -0.650. The highest BCUT2D eigenvalue weighted by Crippen LogP contribution is 2.32. The second-order valence-electron chi connectivity index (χ2n) is 4.93. The fourth-order valence-electron chi connectivity index (χ4n) is 2.55. The van der Waals surface area contributed by atoms with Crippen LogP contribution in [-0.2, 0) is 14.3 Å². The standard InChI is InChI=1S/C14H28N2O3/c1-4-14(7-9-15-10-8-14)13(17)16-11-12(18-5-2)19-6-3/h12,15H,4-11H2,1-3H3,(H,16,17). The van der Waals surface area contributed by atoms with Crippen LogP contribution < -0.4 is 10.6 Å². The van der Waals surface area contributed by atoms with Crippen molar-refractivity contribution in [3.63, 3.8) is 0 Å². The maximum Gasteiger partial charge on any atom is 0.226 e. The summed E-state index contributed by atoms with van der Waals surface area (Å²) in [4.78, 5) is 12.4. The van der Waals surface area contributed by atoms with Crippen LogP contribution in [0.3, 0.4) is 0 Å². The lowest BCUT2D eigenvalue weighted by molar-refractivity contribution is -0.146. The lowest BCUT2D eigenvalue weighted by Gasteiger charge is -2.35. The molecule has 1 aliphatic heterocycles. The molecule has 1 fully saturated rings. The Balaban J connectivity index is 2.47. The van der Waals surface area contributed by atoms with Gasteiger partial charge in [-0.25, -0.2) is 0 Å². The quantitative estimate of drug-likeness (QED) is 0.654. The number of piperidine rings is 1. The second kappa shape index (κ2) is 8.51. The molecule has 2 N–H and O–H groups in total. The smallest absolute Gasteiger partial charge is 0.226 e. The molecule has 0 aromatic rings. The molecule has 1 heterocycles. The second-order valence-corrected chi connectivity index (χ2v) is 4.93. The van der Waals surface area contributed by atoms with Crippen molar-refractivity contribution in [2.45, 2.75) is 46.3 Å². The van der Waals surface area contributed by atoms with Crippen LogP contribution in [0.15, 0.2) is 0 Å². The molecule has 1 aliphatic rings. The average molecular weight is 272 g/mol. The Bertz CT molecular complexity index is 259. The van der Waals surface area contributed by atoms with E-state index in [1.165, 1.54) is 0 Å². The first kappa shape index (κ1) is 16.4. The topological polar surface area (TPSA) is 59.6 Å². The predicted octanol–water partition coefficient (Wildman–Crippen LogP) is 1.28. The van der Waals surface area contributed by atoms with Crippen LogP contribution in [0.5, 0.6) is 0 Å². The zero-order valence-electron chi connectivity index (χ0n) is 12.5. The van der Waals surface area contributed by atoms with Crippen LogP contribution in [0.1, 0.15) is 40.0 Å².